The number of hydrogen-bond donors (Lipinski definition) is 1. The van der Waals surface area contributed by atoms with Gasteiger partial charge in [0.25, 0.3) is 0 Å². The molecule has 0 spiro atoms. The Bertz CT molecular complexity index is 523. The minimum Gasteiger partial charge on any atom is -0.496 e. The molecule has 0 aliphatic heterocycles. The molecule has 88 valence electrons. The molecule has 2 N–H and O–H groups in total. The zero-order valence-corrected chi connectivity index (χ0v) is 10.3. The normalized spacial score (nSPS) is 10.2. The molecule has 0 aliphatic carbocycles. The van der Waals surface area contributed by atoms with Crippen LogP contribution in [-0.4, -0.2) is 21.6 Å². The molecule has 2 aromatic rings. The van der Waals surface area contributed by atoms with Gasteiger partial charge >= 0.3 is 0 Å². The average molecular weight is 247 g/mol. The van der Waals surface area contributed by atoms with Crippen molar-refractivity contribution in [3.05, 3.63) is 48.0 Å². The van der Waals surface area contributed by atoms with Crippen LogP contribution >= 0.6 is 12.2 Å². The van der Waals surface area contributed by atoms with Gasteiger partial charge in [-0.15, -0.1) is 0 Å². The van der Waals surface area contributed by atoms with Crippen LogP contribution in [0.2, 0.25) is 0 Å². The maximum absolute atomic E-state index is 5.61. The summed E-state index contributed by atoms with van der Waals surface area (Å²) in [6.45, 7) is 0.744. The summed E-state index contributed by atoms with van der Waals surface area (Å²) in [5.74, 6) is 0.704. The number of rotatable bonds is 4. The first kappa shape index (κ1) is 11.6. The van der Waals surface area contributed by atoms with E-state index in [1.807, 2.05) is 29.0 Å². The highest BCUT2D eigenvalue weighted by atomic mass is 32.1. The fraction of sp³-hybridized carbons (Fsp3) is 0.167. The number of hydrogen-bond acceptors (Lipinski definition) is 3. The van der Waals surface area contributed by atoms with Crippen LogP contribution in [0.4, 0.5) is 0 Å². The molecule has 0 unspecified atom stereocenters. The van der Waals surface area contributed by atoms with E-state index in [0.717, 1.165) is 17.7 Å². The third-order valence-electron chi connectivity index (χ3n) is 2.46. The van der Waals surface area contributed by atoms with Crippen LogP contribution in [0.3, 0.4) is 0 Å². The van der Waals surface area contributed by atoms with Crippen molar-refractivity contribution in [1.82, 2.24) is 9.55 Å². The van der Waals surface area contributed by atoms with Crippen LogP contribution in [-0.2, 0) is 6.54 Å². The van der Waals surface area contributed by atoms with E-state index in [-0.39, 0.29) is 0 Å². The van der Waals surface area contributed by atoms with Gasteiger partial charge in [-0.3, -0.25) is 0 Å². The Morgan fingerprint density at radius 2 is 2.35 bits per heavy atom. The van der Waals surface area contributed by atoms with E-state index < -0.39 is 0 Å². The van der Waals surface area contributed by atoms with Gasteiger partial charge in [-0.25, -0.2) is 4.98 Å². The second-order valence-electron chi connectivity index (χ2n) is 3.63. The molecule has 0 bridgehead atoms. The SMILES string of the molecule is COc1cc(Cn2ccnc2)ccc1C(N)=S. The number of methoxy groups -OCH3 is 1. The van der Waals surface area contributed by atoms with E-state index in [2.05, 4.69) is 4.98 Å². The van der Waals surface area contributed by atoms with Crippen molar-refractivity contribution in [2.45, 2.75) is 6.54 Å². The average Bonchev–Trinajstić information content (AvgIpc) is 2.81. The number of nitrogens with two attached hydrogens (primary N) is 1. The zero-order chi connectivity index (χ0) is 12.3. The van der Waals surface area contributed by atoms with E-state index in [0.29, 0.717) is 10.7 Å². The van der Waals surface area contributed by atoms with Gasteiger partial charge in [0, 0.05) is 18.9 Å². The van der Waals surface area contributed by atoms with E-state index in [1.165, 1.54) is 0 Å². The summed E-state index contributed by atoms with van der Waals surface area (Å²) < 4.78 is 7.26. The highest BCUT2D eigenvalue weighted by Gasteiger charge is 2.06. The maximum atomic E-state index is 5.61. The summed E-state index contributed by atoms with van der Waals surface area (Å²) in [6.07, 6.45) is 5.43. The molecule has 0 saturated carbocycles. The molecular formula is C12H13N3OS. The van der Waals surface area contributed by atoms with Crippen LogP contribution in [0.25, 0.3) is 0 Å². The summed E-state index contributed by atoms with van der Waals surface area (Å²) in [4.78, 5) is 4.34. The Balaban J connectivity index is 2.28. The minimum atomic E-state index is 0.344. The second kappa shape index (κ2) is 4.97. The highest BCUT2D eigenvalue weighted by molar-refractivity contribution is 7.80. The lowest BCUT2D eigenvalue weighted by Gasteiger charge is -2.10. The summed E-state index contributed by atoms with van der Waals surface area (Å²) in [7, 11) is 1.61. The van der Waals surface area contributed by atoms with Crippen LogP contribution in [0.5, 0.6) is 5.75 Å². The first-order valence-electron chi connectivity index (χ1n) is 5.13. The van der Waals surface area contributed by atoms with Crippen LogP contribution < -0.4 is 10.5 Å². The topological polar surface area (TPSA) is 53.1 Å². The fourth-order valence-electron chi connectivity index (χ4n) is 1.63. The Labute approximate surface area is 105 Å². The third-order valence-corrected chi connectivity index (χ3v) is 2.68. The van der Waals surface area contributed by atoms with Gasteiger partial charge in [0.2, 0.25) is 0 Å². The minimum absolute atomic E-state index is 0.344. The van der Waals surface area contributed by atoms with Crippen molar-refractivity contribution in [3.63, 3.8) is 0 Å². The lowest BCUT2D eigenvalue weighted by Crippen LogP contribution is -2.11. The number of aromatic nitrogens is 2. The maximum Gasteiger partial charge on any atom is 0.129 e. The molecule has 0 aliphatic rings. The number of benzene rings is 1. The Kier molecular flexibility index (Phi) is 3.39. The molecule has 0 amide bonds. The molecule has 17 heavy (non-hydrogen) atoms. The predicted molar refractivity (Wildman–Crippen MR) is 70.2 cm³/mol. The van der Waals surface area contributed by atoms with E-state index >= 15 is 0 Å². The quantitative estimate of drug-likeness (QED) is 0.833. The molecule has 0 radical (unpaired) electrons. The standard InChI is InChI=1S/C12H13N3OS/c1-16-11-6-9(2-3-10(11)12(13)17)7-15-5-4-14-8-15/h2-6,8H,7H2,1H3,(H2,13,17). The Morgan fingerprint density at radius 1 is 1.53 bits per heavy atom. The van der Waals surface area contributed by atoms with Crippen LogP contribution in [0.15, 0.2) is 36.9 Å². The van der Waals surface area contributed by atoms with Crippen molar-refractivity contribution in [3.8, 4) is 5.75 Å². The van der Waals surface area contributed by atoms with E-state index in [1.54, 1.807) is 19.6 Å². The third kappa shape index (κ3) is 2.62. The number of ether oxygens (including phenoxy) is 1. The van der Waals surface area contributed by atoms with Crippen molar-refractivity contribution in [2.75, 3.05) is 7.11 Å². The summed E-state index contributed by atoms with van der Waals surface area (Å²) >= 11 is 4.96. The van der Waals surface area contributed by atoms with Crippen molar-refractivity contribution < 1.29 is 4.74 Å². The first-order chi connectivity index (χ1) is 8.20. The molecule has 0 saturated heterocycles. The lowest BCUT2D eigenvalue weighted by molar-refractivity contribution is 0.413. The Morgan fingerprint density at radius 3 is 2.94 bits per heavy atom. The second-order valence-corrected chi connectivity index (χ2v) is 4.07. The molecule has 1 aromatic carbocycles. The van der Waals surface area contributed by atoms with Crippen molar-refractivity contribution in [1.29, 1.82) is 0 Å². The predicted octanol–water partition coefficient (Wildman–Crippen LogP) is 1.57. The molecule has 0 atom stereocenters. The largest absolute Gasteiger partial charge is 0.496 e. The fourth-order valence-corrected chi connectivity index (χ4v) is 1.80. The number of nitrogens with zero attached hydrogens (tertiary/aromatic N) is 2. The molecule has 5 heteroatoms. The lowest BCUT2D eigenvalue weighted by atomic mass is 10.1. The summed E-state index contributed by atoms with van der Waals surface area (Å²) in [5, 5.41) is 0. The van der Waals surface area contributed by atoms with E-state index in [4.69, 9.17) is 22.7 Å². The summed E-state index contributed by atoms with van der Waals surface area (Å²) in [5.41, 5.74) is 7.48. The smallest absolute Gasteiger partial charge is 0.129 e. The van der Waals surface area contributed by atoms with Gasteiger partial charge in [-0.2, -0.15) is 0 Å². The Hall–Kier alpha value is -1.88. The van der Waals surface area contributed by atoms with E-state index in [9.17, 15) is 0 Å². The molecular weight excluding hydrogens is 234 g/mol. The van der Waals surface area contributed by atoms with Gasteiger partial charge in [0.15, 0.2) is 0 Å². The van der Waals surface area contributed by atoms with Gasteiger partial charge in [-0.05, 0) is 17.7 Å². The molecule has 0 fully saturated rings. The van der Waals surface area contributed by atoms with Gasteiger partial charge < -0.3 is 15.0 Å². The van der Waals surface area contributed by atoms with Crippen molar-refractivity contribution in [2.24, 2.45) is 5.73 Å². The molecule has 1 aromatic heterocycles. The monoisotopic (exact) mass is 247 g/mol. The van der Waals surface area contributed by atoms with Crippen molar-refractivity contribution >= 4 is 17.2 Å². The van der Waals surface area contributed by atoms with Gasteiger partial charge in [-0.1, -0.05) is 18.3 Å². The first-order valence-corrected chi connectivity index (χ1v) is 5.54. The summed E-state index contributed by atoms with van der Waals surface area (Å²) in [6, 6.07) is 5.80. The number of imidazole rings is 1. The molecule has 2 rings (SSSR count). The highest BCUT2D eigenvalue weighted by Crippen LogP contribution is 2.20. The van der Waals surface area contributed by atoms with Gasteiger partial charge in [0.05, 0.1) is 19.0 Å². The molecule has 4 nitrogen and oxygen atoms in total. The van der Waals surface area contributed by atoms with Crippen LogP contribution in [0, 0.1) is 0 Å². The van der Waals surface area contributed by atoms with Gasteiger partial charge in [0.1, 0.15) is 10.7 Å². The zero-order valence-electron chi connectivity index (χ0n) is 9.46. The molecule has 1 heterocycles. The van der Waals surface area contributed by atoms with Crippen LogP contribution in [0.1, 0.15) is 11.1 Å². The number of thiocarbonyl (C=S) groups is 1.